The minimum Gasteiger partial charge on any atom is -0.369 e. The second-order valence-electron chi connectivity index (χ2n) is 5.74. The molecule has 5 nitrogen and oxygen atoms in total. The fraction of sp³-hybridized carbons (Fsp3) is 0.222. The van der Waals surface area contributed by atoms with Crippen LogP contribution in [0.1, 0.15) is 5.56 Å². The van der Waals surface area contributed by atoms with Crippen molar-refractivity contribution in [2.24, 2.45) is 5.73 Å². The molecule has 0 aliphatic carbocycles. The highest BCUT2D eigenvalue weighted by molar-refractivity contribution is 8.00. The van der Waals surface area contributed by atoms with E-state index in [1.807, 2.05) is 55.6 Å². The van der Waals surface area contributed by atoms with Crippen LogP contribution in [0.4, 0.5) is 5.69 Å². The highest BCUT2D eigenvalue weighted by Crippen LogP contribution is 2.26. The van der Waals surface area contributed by atoms with Crippen LogP contribution in [0.25, 0.3) is 0 Å². The van der Waals surface area contributed by atoms with Crippen molar-refractivity contribution >= 4 is 40.9 Å². The summed E-state index contributed by atoms with van der Waals surface area (Å²) in [5, 5.41) is 3.60. The van der Waals surface area contributed by atoms with Gasteiger partial charge in [0.2, 0.25) is 5.91 Å². The lowest BCUT2D eigenvalue weighted by atomic mass is 10.2. The van der Waals surface area contributed by atoms with Gasteiger partial charge in [0.25, 0.3) is 5.91 Å². The predicted octanol–water partition coefficient (Wildman–Crippen LogP) is 1.57. The van der Waals surface area contributed by atoms with E-state index >= 15 is 0 Å². The zero-order valence-electron chi connectivity index (χ0n) is 13.9. The van der Waals surface area contributed by atoms with Crippen molar-refractivity contribution in [1.29, 1.82) is 0 Å². The van der Waals surface area contributed by atoms with Gasteiger partial charge in [0.05, 0.1) is 18.5 Å². The summed E-state index contributed by atoms with van der Waals surface area (Å²) in [5.74, 6) is -0.300. The van der Waals surface area contributed by atoms with E-state index < -0.39 is 5.91 Å². The number of likely N-dealkylation sites (N-methyl/N-ethyl adjacent to an activating group) is 1. The van der Waals surface area contributed by atoms with Crippen molar-refractivity contribution in [1.82, 2.24) is 0 Å². The molecule has 2 aromatic carbocycles. The summed E-state index contributed by atoms with van der Waals surface area (Å²) in [5.41, 5.74) is 6.99. The lowest BCUT2D eigenvalue weighted by Gasteiger charge is -2.15. The number of amides is 2. The van der Waals surface area contributed by atoms with E-state index in [0.29, 0.717) is 17.3 Å². The van der Waals surface area contributed by atoms with E-state index in [9.17, 15) is 9.59 Å². The van der Waals surface area contributed by atoms with Crippen molar-refractivity contribution in [3.8, 4) is 0 Å². The van der Waals surface area contributed by atoms with Gasteiger partial charge in [0.1, 0.15) is 6.54 Å². The molecule has 2 rings (SSSR count). The molecule has 0 spiro atoms. The van der Waals surface area contributed by atoms with Crippen LogP contribution in [0.5, 0.6) is 0 Å². The Hall–Kier alpha value is -2.02. The number of primary amides is 1. The monoisotopic (exact) mass is 378 g/mol. The smallest absolute Gasteiger partial charge is 0.279 e. The van der Waals surface area contributed by atoms with Gasteiger partial charge in [-0.05, 0) is 24.3 Å². The molecule has 0 heterocycles. The quantitative estimate of drug-likeness (QED) is 0.610. The van der Waals surface area contributed by atoms with Crippen molar-refractivity contribution in [3.05, 3.63) is 59.1 Å². The second-order valence-corrected chi connectivity index (χ2v) is 7.19. The van der Waals surface area contributed by atoms with Crippen molar-refractivity contribution in [2.75, 3.05) is 24.7 Å². The van der Waals surface area contributed by atoms with Gasteiger partial charge in [-0.15, -0.1) is 11.8 Å². The Kier molecular flexibility index (Phi) is 7.31. The van der Waals surface area contributed by atoms with Gasteiger partial charge < -0.3 is 16.0 Å². The summed E-state index contributed by atoms with van der Waals surface area (Å²) >= 11 is 7.19. The summed E-state index contributed by atoms with van der Waals surface area (Å²) in [6.45, 7) is 1.06. The largest absolute Gasteiger partial charge is 0.369 e. The van der Waals surface area contributed by atoms with E-state index in [4.69, 9.17) is 17.3 Å². The highest BCUT2D eigenvalue weighted by atomic mass is 35.5. The lowest BCUT2D eigenvalue weighted by molar-refractivity contribution is -0.885. The molecule has 132 valence electrons. The molecule has 0 aliphatic heterocycles. The Labute approximate surface area is 156 Å². The molecule has 4 N–H and O–H groups in total. The van der Waals surface area contributed by atoms with Crippen LogP contribution in [0, 0.1) is 0 Å². The van der Waals surface area contributed by atoms with Crippen LogP contribution in [0.3, 0.4) is 0 Å². The number of anilines is 1. The van der Waals surface area contributed by atoms with Gasteiger partial charge in [-0.1, -0.05) is 35.9 Å². The number of quaternary nitrogens is 1. The predicted molar refractivity (Wildman–Crippen MR) is 102 cm³/mol. The zero-order valence-corrected chi connectivity index (χ0v) is 15.5. The Morgan fingerprint density at radius 1 is 1.16 bits per heavy atom. The molecule has 2 amide bonds. The van der Waals surface area contributed by atoms with E-state index in [-0.39, 0.29) is 11.7 Å². The Morgan fingerprint density at radius 3 is 2.52 bits per heavy atom. The number of hydrogen-bond donors (Lipinski definition) is 3. The Bertz CT molecular complexity index is 737. The number of halogens is 1. The van der Waals surface area contributed by atoms with Crippen LogP contribution in [-0.4, -0.2) is 31.2 Å². The van der Waals surface area contributed by atoms with Gasteiger partial charge in [0.15, 0.2) is 6.54 Å². The van der Waals surface area contributed by atoms with Crippen LogP contribution < -0.4 is 16.0 Å². The van der Waals surface area contributed by atoms with Crippen LogP contribution in [0.2, 0.25) is 5.02 Å². The number of carbonyl (C=O) groups is 2. The van der Waals surface area contributed by atoms with Gasteiger partial charge in [-0.2, -0.15) is 0 Å². The minimum atomic E-state index is -0.390. The van der Waals surface area contributed by atoms with Gasteiger partial charge in [0, 0.05) is 15.5 Å². The molecular weight excluding hydrogens is 358 g/mol. The maximum absolute atomic E-state index is 12.3. The first-order valence-electron chi connectivity index (χ1n) is 7.80. The highest BCUT2D eigenvalue weighted by Gasteiger charge is 2.13. The Morgan fingerprint density at radius 2 is 1.84 bits per heavy atom. The number of nitrogens with two attached hydrogens (primary N) is 1. The number of thioether (sulfide) groups is 1. The number of benzene rings is 2. The molecule has 0 bridgehead atoms. The molecule has 25 heavy (non-hydrogen) atoms. The fourth-order valence-electron chi connectivity index (χ4n) is 2.33. The summed E-state index contributed by atoms with van der Waals surface area (Å²) < 4.78 is 0. The number of hydrogen-bond acceptors (Lipinski definition) is 3. The van der Waals surface area contributed by atoms with Gasteiger partial charge >= 0.3 is 0 Å². The first-order valence-corrected chi connectivity index (χ1v) is 9.16. The van der Waals surface area contributed by atoms with E-state index in [1.165, 1.54) is 11.8 Å². The summed E-state index contributed by atoms with van der Waals surface area (Å²) in [6.07, 6.45) is 0. The van der Waals surface area contributed by atoms with E-state index in [1.54, 1.807) is 0 Å². The average molecular weight is 379 g/mol. The van der Waals surface area contributed by atoms with E-state index in [0.717, 1.165) is 21.9 Å². The van der Waals surface area contributed by atoms with Gasteiger partial charge in [-0.25, -0.2) is 0 Å². The molecular formula is C18H21ClN3O2S+. The number of rotatable bonds is 8. The molecule has 0 saturated carbocycles. The van der Waals surface area contributed by atoms with Crippen molar-refractivity contribution in [3.63, 3.8) is 0 Å². The Balaban J connectivity index is 1.91. The van der Waals surface area contributed by atoms with Crippen molar-refractivity contribution < 1.29 is 14.5 Å². The third-order valence-corrected chi connectivity index (χ3v) is 4.76. The molecule has 1 unspecified atom stereocenters. The summed E-state index contributed by atoms with van der Waals surface area (Å²) in [4.78, 5) is 25.1. The molecule has 0 aromatic heterocycles. The molecule has 2 aromatic rings. The maximum atomic E-state index is 12.3. The molecule has 0 aliphatic rings. The summed E-state index contributed by atoms with van der Waals surface area (Å²) in [7, 11) is 1.96. The minimum absolute atomic E-state index is 0.0846. The van der Waals surface area contributed by atoms with Crippen molar-refractivity contribution in [2.45, 2.75) is 11.4 Å². The lowest BCUT2D eigenvalue weighted by Crippen LogP contribution is -3.08. The van der Waals surface area contributed by atoms with E-state index in [2.05, 4.69) is 5.32 Å². The third kappa shape index (κ3) is 6.78. The molecule has 0 fully saturated rings. The fourth-order valence-corrected chi connectivity index (χ4v) is 3.20. The SMILES string of the molecule is C[NH+](CC(=O)Nc1ccccc1SCC(N)=O)Cc1ccc(Cl)cc1. The van der Waals surface area contributed by atoms with Crippen LogP contribution in [-0.2, 0) is 16.1 Å². The molecule has 7 heteroatoms. The number of nitrogens with one attached hydrogen (secondary N) is 2. The summed E-state index contributed by atoms with van der Waals surface area (Å²) in [6, 6.07) is 15.0. The second kappa shape index (κ2) is 9.46. The third-order valence-electron chi connectivity index (χ3n) is 3.41. The molecule has 0 radical (unpaired) electrons. The molecule has 1 atom stereocenters. The zero-order chi connectivity index (χ0) is 18.2. The first kappa shape index (κ1) is 19.3. The average Bonchev–Trinajstić information content (AvgIpc) is 2.56. The van der Waals surface area contributed by atoms with Crippen LogP contribution in [0.15, 0.2) is 53.4 Å². The topological polar surface area (TPSA) is 76.6 Å². The standard InChI is InChI=1S/C18H20ClN3O2S/c1-22(10-13-6-8-14(19)9-7-13)11-18(24)21-15-4-2-3-5-16(15)25-12-17(20)23/h2-9H,10-12H2,1H3,(H2,20,23)(H,21,24)/p+1. The first-order chi connectivity index (χ1) is 11.9. The number of para-hydroxylation sites is 1. The van der Waals surface area contributed by atoms with Crippen LogP contribution >= 0.6 is 23.4 Å². The normalized spacial score (nSPS) is 11.8. The maximum Gasteiger partial charge on any atom is 0.279 e. The number of carbonyl (C=O) groups excluding carboxylic acids is 2. The molecule has 0 saturated heterocycles. The van der Waals surface area contributed by atoms with Gasteiger partial charge in [-0.3, -0.25) is 9.59 Å².